The third-order valence-corrected chi connectivity index (χ3v) is 4.82. The SMILES string of the molecule is FC(F)(F)C1CCc2nc(CCC3CCCC3)[nH]c2C1. The van der Waals surface area contributed by atoms with E-state index in [4.69, 9.17) is 0 Å². The molecule has 0 aliphatic heterocycles. The zero-order valence-electron chi connectivity index (χ0n) is 11.6. The van der Waals surface area contributed by atoms with Crippen molar-refractivity contribution in [2.75, 3.05) is 0 Å². The first-order valence-electron chi connectivity index (χ1n) is 7.65. The number of imidazole rings is 1. The minimum atomic E-state index is -4.08. The molecule has 112 valence electrons. The molecular formula is C15H21F3N2. The Balaban J connectivity index is 1.61. The highest BCUT2D eigenvalue weighted by atomic mass is 19.4. The summed E-state index contributed by atoms with van der Waals surface area (Å²) >= 11 is 0. The summed E-state index contributed by atoms with van der Waals surface area (Å²) in [4.78, 5) is 7.65. The number of hydrogen-bond acceptors (Lipinski definition) is 1. The van der Waals surface area contributed by atoms with Gasteiger partial charge >= 0.3 is 6.18 Å². The maximum atomic E-state index is 12.8. The van der Waals surface area contributed by atoms with Gasteiger partial charge in [0.05, 0.1) is 11.6 Å². The summed E-state index contributed by atoms with van der Waals surface area (Å²) in [6, 6.07) is 0. The number of fused-ring (bicyclic) bond motifs is 1. The standard InChI is InChI=1S/C15H21F3N2/c16-15(17,18)11-6-7-12-13(9-11)20-14(19-12)8-5-10-3-1-2-4-10/h10-11H,1-9H2,(H,19,20). The van der Waals surface area contributed by atoms with Crippen LogP contribution in [0.2, 0.25) is 0 Å². The van der Waals surface area contributed by atoms with Gasteiger partial charge in [0.25, 0.3) is 0 Å². The number of alkyl halides is 3. The maximum Gasteiger partial charge on any atom is 0.392 e. The predicted molar refractivity (Wildman–Crippen MR) is 70.4 cm³/mol. The fraction of sp³-hybridized carbons (Fsp3) is 0.800. The zero-order valence-corrected chi connectivity index (χ0v) is 11.6. The quantitative estimate of drug-likeness (QED) is 0.886. The van der Waals surface area contributed by atoms with Crippen molar-refractivity contribution >= 4 is 0 Å². The first-order valence-corrected chi connectivity index (χ1v) is 7.65. The second kappa shape index (κ2) is 5.41. The molecule has 1 atom stereocenters. The van der Waals surface area contributed by atoms with Crippen LogP contribution in [0.4, 0.5) is 13.2 Å². The summed E-state index contributed by atoms with van der Waals surface area (Å²) < 4.78 is 38.3. The molecule has 5 heteroatoms. The third-order valence-electron chi connectivity index (χ3n) is 4.82. The Morgan fingerprint density at radius 1 is 1.15 bits per heavy atom. The van der Waals surface area contributed by atoms with Crippen LogP contribution >= 0.6 is 0 Å². The van der Waals surface area contributed by atoms with Crippen molar-refractivity contribution < 1.29 is 13.2 Å². The second-order valence-electron chi connectivity index (χ2n) is 6.28. The minimum absolute atomic E-state index is 0.0786. The van der Waals surface area contributed by atoms with Gasteiger partial charge in [0, 0.05) is 18.5 Å². The highest BCUT2D eigenvalue weighted by molar-refractivity contribution is 5.19. The molecule has 1 aromatic heterocycles. The van der Waals surface area contributed by atoms with Gasteiger partial charge in [-0.25, -0.2) is 4.98 Å². The van der Waals surface area contributed by atoms with Crippen molar-refractivity contribution in [2.24, 2.45) is 11.8 Å². The Labute approximate surface area is 117 Å². The van der Waals surface area contributed by atoms with E-state index in [-0.39, 0.29) is 12.8 Å². The van der Waals surface area contributed by atoms with E-state index in [1.165, 1.54) is 25.7 Å². The summed E-state index contributed by atoms with van der Waals surface area (Å²) in [6.45, 7) is 0. The van der Waals surface area contributed by atoms with E-state index in [1.807, 2.05) is 0 Å². The van der Waals surface area contributed by atoms with Crippen LogP contribution < -0.4 is 0 Å². The number of H-pyrrole nitrogens is 1. The van der Waals surface area contributed by atoms with E-state index < -0.39 is 12.1 Å². The average Bonchev–Trinajstić information content (AvgIpc) is 3.03. The molecular weight excluding hydrogens is 265 g/mol. The molecule has 0 spiro atoms. The largest absolute Gasteiger partial charge is 0.392 e. The van der Waals surface area contributed by atoms with E-state index in [0.29, 0.717) is 6.42 Å². The van der Waals surface area contributed by atoms with Gasteiger partial charge in [-0.2, -0.15) is 13.2 Å². The molecule has 0 saturated heterocycles. The Hall–Kier alpha value is -1.00. The lowest BCUT2D eigenvalue weighted by atomic mass is 9.89. The summed E-state index contributed by atoms with van der Waals surface area (Å²) in [6.07, 6.45) is 3.90. The molecule has 20 heavy (non-hydrogen) atoms. The molecule has 1 fully saturated rings. The molecule has 2 aliphatic rings. The lowest BCUT2D eigenvalue weighted by Crippen LogP contribution is -2.28. The molecule has 0 amide bonds. The number of nitrogens with zero attached hydrogens (tertiary/aromatic N) is 1. The van der Waals surface area contributed by atoms with Crippen molar-refractivity contribution in [3.63, 3.8) is 0 Å². The summed E-state index contributed by atoms with van der Waals surface area (Å²) in [7, 11) is 0. The molecule has 1 N–H and O–H groups in total. The first-order chi connectivity index (χ1) is 9.52. The molecule has 1 saturated carbocycles. The Morgan fingerprint density at radius 2 is 1.90 bits per heavy atom. The fourth-order valence-corrected chi connectivity index (χ4v) is 3.58. The maximum absolute atomic E-state index is 12.8. The lowest BCUT2D eigenvalue weighted by molar-refractivity contribution is -0.177. The number of rotatable bonds is 3. The van der Waals surface area contributed by atoms with E-state index in [0.717, 1.165) is 36.0 Å². The lowest BCUT2D eigenvalue weighted by Gasteiger charge is -2.23. The minimum Gasteiger partial charge on any atom is -0.346 e. The highest BCUT2D eigenvalue weighted by Crippen LogP contribution is 2.36. The first kappa shape index (κ1) is 14.0. The summed E-state index contributed by atoms with van der Waals surface area (Å²) in [5, 5.41) is 0. The smallest absolute Gasteiger partial charge is 0.346 e. The molecule has 1 heterocycles. The van der Waals surface area contributed by atoms with Gasteiger partial charge in [0.15, 0.2) is 0 Å². The van der Waals surface area contributed by atoms with E-state index in [1.54, 1.807) is 0 Å². The molecule has 2 aliphatic carbocycles. The number of aromatic nitrogens is 2. The van der Waals surface area contributed by atoms with Crippen molar-refractivity contribution in [3.8, 4) is 0 Å². The van der Waals surface area contributed by atoms with E-state index in [9.17, 15) is 13.2 Å². The number of aromatic amines is 1. The molecule has 1 unspecified atom stereocenters. The van der Waals surface area contributed by atoms with Crippen LogP contribution in [0.3, 0.4) is 0 Å². The van der Waals surface area contributed by atoms with E-state index >= 15 is 0 Å². The van der Waals surface area contributed by atoms with Gasteiger partial charge in [-0.05, 0) is 25.2 Å². The van der Waals surface area contributed by atoms with Crippen molar-refractivity contribution in [2.45, 2.75) is 64.0 Å². The average molecular weight is 286 g/mol. The summed E-state index contributed by atoms with van der Waals surface area (Å²) in [5.74, 6) is 0.489. The van der Waals surface area contributed by atoms with Gasteiger partial charge < -0.3 is 4.98 Å². The van der Waals surface area contributed by atoms with Crippen LogP contribution in [0, 0.1) is 11.8 Å². The topological polar surface area (TPSA) is 28.7 Å². The van der Waals surface area contributed by atoms with Gasteiger partial charge in [0.1, 0.15) is 5.82 Å². The number of aryl methyl sites for hydroxylation is 2. The van der Waals surface area contributed by atoms with Crippen LogP contribution in [0.15, 0.2) is 0 Å². The van der Waals surface area contributed by atoms with Gasteiger partial charge in [-0.1, -0.05) is 25.7 Å². The van der Waals surface area contributed by atoms with Gasteiger partial charge in [-0.3, -0.25) is 0 Å². The molecule has 0 aromatic carbocycles. The normalized spacial score (nSPS) is 24.1. The monoisotopic (exact) mass is 286 g/mol. The van der Waals surface area contributed by atoms with Crippen LogP contribution in [0.5, 0.6) is 0 Å². The molecule has 1 aromatic rings. The van der Waals surface area contributed by atoms with Gasteiger partial charge in [-0.15, -0.1) is 0 Å². The highest BCUT2D eigenvalue weighted by Gasteiger charge is 2.41. The second-order valence-corrected chi connectivity index (χ2v) is 6.28. The third kappa shape index (κ3) is 3.01. The molecule has 3 rings (SSSR count). The van der Waals surface area contributed by atoms with Crippen LogP contribution in [0.1, 0.15) is 55.7 Å². The van der Waals surface area contributed by atoms with Crippen molar-refractivity contribution in [1.82, 2.24) is 9.97 Å². The molecule has 0 bridgehead atoms. The fourth-order valence-electron chi connectivity index (χ4n) is 3.58. The summed E-state index contributed by atoms with van der Waals surface area (Å²) in [5.41, 5.74) is 1.59. The number of halogens is 3. The molecule has 0 radical (unpaired) electrons. The van der Waals surface area contributed by atoms with Crippen molar-refractivity contribution in [3.05, 3.63) is 17.2 Å². The molecule has 2 nitrogen and oxygen atoms in total. The van der Waals surface area contributed by atoms with Crippen LogP contribution in [-0.4, -0.2) is 16.1 Å². The predicted octanol–water partition coefficient (Wildman–Crippen LogP) is 4.20. The van der Waals surface area contributed by atoms with E-state index in [2.05, 4.69) is 9.97 Å². The van der Waals surface area contributed by atoms with Crippen molar-refractivity contribution in [1.29, 1.82) is 0 Å². The zero-order chi connectivity index (χ0) is 14.2. The Kier molecular flexibility index (Phi) is 3.78. The number of hydrogen-bond donors (Lipinski definition) is 1. The number of nitrogens with one attached hydrogen (secondary N) is 1. The Bertz CT molecular complexity index is 458. The van der Waals surface area contributed by atoms with Crippen LogP contribution in [-0.2, 0) is 19.3 Å². The van der Waals surface area contributed by atoms with Crippen LogP contribution in [0.25, 0.3) is 0 Å². The Morgan fingerprint density at radius 3 is 2.60 bits per heavy atom. The van der Waals surface area contributed by atoms with Gasteiger partial charge in [0.2, 0.25) is 0 Å².